The fourth-order valence-corrected chi connectivity index (χ4v) is 4.29. The van der Waals surface area contributed by atoms with Crippen LogP contribution in [-0.2, 0) is 0 Å². The number of para-hydroxylation sites is 1. The smallest absolute Gasteiger partial charge is 0.270 e. The highest BCUT2D eigenvalue weighted by Gasteiger charge is 2.28. The molecule has 1 aliphatic heterocycles. The van der Waals surface area contributed by atoms with E-state index in [1.165, 1.54) is 0 Å². The minimum absolute atomic E-state index is 0.153. The van der Waals surface area contributed by atoms with Crippen molar-refractivity contribution in [1.29, 1.82) is 0 Å². The van der Waals surface area contributed by atoms with E-state index in [-0.39, 0.29) is 11.9 Å². The van der Waals surface area contributed by atoms with Gasteiger partial charge in [0.05, 0.1) is 17.9 Å². The van der Waals surface area contributed by atoms with Gasteiger partial charge in [0.2, 0.25) is 0 Å². The van der Waals surface area contributed by atoms with Gasteiger partial charge in [-0.25, -0.2) is 19.9 Å². The van der Waals surface area contributed by atoms with Crippen molar-refractivity contribution in [1.82, 2.24) is 30.2 Å². The van der Waals surface area contributed by atoms with E-state index >= 15 is 0 Å². The molecule has 0 radical (unpaired) electrons. The predicted octanol–water partition coefficient (Wildman–Crippen LogP) is 3.48. The highest BCUT2D eigenvalue weighted by Crippen LogP contribution is 2.30. The lowest BCUT2D eigenvalue weighted by Gasteiger charge is -2.26. The lowest BCUT2D eigenvalue weighted by atomic mass is 10.1. The van der Waals surface area contributed by atoms with Crippen LogP contribution in [0.4, 0.5) is 5.82 Å². The van der Waals surface area contributed by atoms with Crippen molar-refractivity contribution in [3.05, 3.63) is 48.7 Å². The Morgan fingerprint density at radius 2 is 2.18 bits per heavy atom. The molecule has 9 heteroatoms. The van der Waals surface area contributed by atoms with E-state index in [4.69, 9.17) is 4.74 Å². The molecule has 1 fully saturated rings. The lowest BCUT2D eigenvalue weighted by Crippen LogP contribution is -2.35. The molecule has 170 valence electrons. The van der Waals surface area contributed by atoms with Crippen molar-refractivity contribution in [2.24, 2.45) is 0 Å². The van der Waals surface area contributed by atoms with Crippen LogP contribution in [0.2, 0.25) is 0 Å². The average Bonchev–Trinajstić information content (AvgIpc) is 3.52. The predicted molar refractivity (Wildman–Crippen MR) is 127 cm³/mol. The number of unbranched alkanes of at least 4 members (excludes halogenated alkanes) is 1. The summed E-state index contributed by atoms with van der Waals surface area (Å²) in [6, 6.07) is 9.65. The summed E-state index contributed by atoms with van der Waals surface area (Å²) in [4.78, 5) is 35.6. The number of ether oxygens (including phenoxy) is 1. The molecule has 9 nitrogen and oxygen atoms in total. The molecular formula is C24H27N7O2. The fourth-order valence-electron chi connectivity index (χ4n) is 4.29. The van der Waals surface area contributed by atoms with Crippen LogP contribution in [0, 0.1) is 0 Å². The number of amides is 1. The maximum Gasteiger partial charge on any atom is 0.270 e. The Balaban J connectivity index is 1.38. The van der Waals surface area contributed by atoms with Gasteiger partial charge in [-0.2, -0.15) is 0 Å². The van der Waals surface area contributed by atoms with Crippen LogP contribution in [0.25, 0.3) is 22.1 Å². The number of H-pyrrole nitrogens is 1. The molecule has 0 aliphatic carbocycles. The zero-order valence-electron chi connectivity index (χ0n) is 18.6. The first-order valence-corrected chi connectivity index (χ1v) is 11.5. The number of pyridine rings is 1. The third kappa shape index (κ3) is 4.30. The van der Waals surface area contributed by atoms with Gasteiger partial charge < -0.3 is 19.9 Å². The summed E-state index contributed by atoms with van der Waals surface area (Å²) in [5, 5.41) is 3.84. The number of benzene rings is 1. The van der Waals surface area contributed by atoms with Gasteiger partial charge in [-0.3, -0.25) is 4.79 Å². The Kier molecular flexibility index (Phi) is 6.01. The van der Waals surface area contributed by atoms with Crippen LogP contribution < -0.4 is 15.0 Å². The van der Waals surface area contributed by atoms with Crippen LogP contribution >= 0.6 is 0 Å². The number of aromatic amines is 1. The average molecular weight is 446 g/mol. The molecule has 2 N–H and O–H groups in total. The molecule has 1 atom stereocenters. The van der Waals surface area contributed by atoms with Crippen LogP contribution in [0.3, 0.4) is 0 Å². The molecule has 1 aliphatic rings. The van der Waals surface area contributed by atoms with E-state index in [9.17, 15) is 4.79 Å². The number of imidazole rings is 1. The van der Waals surface area contributed by atoms with Crippen molar-refractivity contribution in [2.45, 2.75) is 38.6 Å². The van der Waals surface area contributed by atoms with Gasteiger partial charge in [0, 0.05) is 24.5 Å². The zero-order chi connectivity index (χ0) is 22.6. The molecule has 1 unspecified atom stereocenters. The van der Waals surface area contributed by atoms with Crippen molar-refractivity contribution in [2.75, 3.05) is 24.6 Å². The number of anilines is 1. The fraction of sp³-hybridized carbons (Fsp3) is 0.375. The number of nitrogens with zero attached hydrogens (tertiary/aromatic N) is 5. The second-order valence-electron chi connectivity index (χ2n) is 8.23. The standard InChI is InChI=1S/C24H27N7O2/c1-2-3-10-25-24(32)19-12-20(17-8-4-5-9-18(17)30-19)33-13-16-7-6-11-31(16)23-21-22(27-14-26-21)28-15-29-23/h4-5,8-9,12,14-16H,2-3,6-7,10-11,13H2,1H3,(H,25,32)(H,26,27,28,29). The molecule has 0 bridgehead atoms. The molecule has 33 heavy (non-hydrogen) atoms. The molecular weight excluding hydrogens is 418 g/mol. The molecule has 5 rings (SSSR count). The molecule has 0 spiro atoms. The van der Waals surface area contributed by atoms with Gasteiger partial charge >= 0.3 is 0 Å². The summed E-state index contributed by atoms with van der Waals surface area (Å²) < 4.78 is 6.33. The van der Waals surface area contributed by atoms with E-state index in [0.29, 0.717) is 30.2 Å². The maximum absolute atomic E-state index is 12.7. The number of hydrogen-bond acceptors (Lipinski definition) is 7. The van der Waals surface area contributed by atoms with Crippen LogP contribution in [-0.4, -0.2) is 56.6 Å². The third-order valence-electron chi connectivity index (χ3n) is 6.01. The summed E-state index contributed by atoms with van der Waals surface area (Å²) in [5.74, 6) is 1.34. The molecule has 1 amide bonds. The number of nitrogens with one attached hydrogen (secondary N) is 2. The van der Waals surface area contributed by atoms with Crippen molar-refractivity contribution >= 4 is 33.8 Å². The Morgan fingerprint density at radius 3 is 3.09 bits per heavy atom. The monoisotopic (exact) mass is 445 g/mol. The molecule has 4 heterocycles. The zero-order valence-corrected chi connectivity index (χ0v) is 18.6. The van der Waals surface area contributed by atoms with Gasteiger partial charge in [0.25, 0.3) is 5.91 Å². The highest BCUT2D eigenvalue weighted by molar-refractivity contribution is 5.97. The SMILES string of the molecule is CCCCNC(=O)c1cc(OCC2CCCN2c2ncnc3nc[nH]c23)c2ccccc2n1. The topological polar surface area (TPSA) is 109 Å². The van der Waals surface area contributed by atoms with Gasteiger partial charge in [-0.15, -0.1) is 0 Å². The third-order valence-corrected chi connectivity index (χ3v) is 6.01. The van der Waals surface area contributed by atoms with E-state index in [2.05, 4.69) is 42.1 Å². The summed E-state index contributed by atoms with van der Waals surface area (Å²) >= 11 is 0. The summed E-state index contributed by atoms with van der Waals surface area (Å²) in [6.45, 7) is 4.10. The lowest BCUT2D eigenvalue weighted by molar-refractivity contribution is 0.0948. The Labute approximate surface area is 191 Å². The van der Waals surface area contributed by atoms with E-state index in [1.54, 1.807) is 18.7 Å². The van der Waals surface area contributed by atoms with Gasteiger partial charge in [-0.1, -0.05) is 25.5 Å². The molecule has 4 aromatic rings. The van der Waals surface area contributed by atoms with Gasteiger partial charge in [0.1, 0.15) is 29.9 Å². The maximum atomic E-state index is 12.7. The summed E-state index contributed by atoms with van der Waals surface area (Å²) in [6.07, 6.45) is 7.19. The normalized spacial score (nSPS) is 15.9. The Hall–Kier alpha value is -3.75. The van der Waals surface area contributed by atoms with E-state index in [0.717, 1.165) is 54.5 Å². The first kappa shape index (κ1) is 21.1. The largest absolute Gasteiger partial charge is 0.491 e. The van der Waals surface area contributed by atoms with Crippen molar-refractivity contribution in [3.8, 4) is 5.75 Å². The number of hydrogen-bond donors (Lipinski definition) is 2. The Bertz CT molecular complexity index is 1270. The summed E-state index contributed by atoms with van der Waals surface area (Å²) in [7, 11) is 0. The number of fused-ring (bicyclic) bond motifs is 2. The van der Waals surface area contributed by atoms with Crippen LogP contribution in [0.5, 0.6) is 5.75 Å². The second-order valence-corrected chi connectivity index (χ2v) is 8.23. The number of aromatic nitrogens is 5. The van der Waals surface area contributed by atoms with Crippen LogP contribution in [0.15, 0.2) is 43.0 Å². The molecule has 1 aromatic carbocycles. The van der Waals surface area contributed by atoms with Gasteiger partial charge in [0.15, 0.2) is 11.5 Å². The number of rotatable bonds is 8. The van der Waals surface area contributed by atoms with E-state index in [1.807, 2.05) is 24.3 Å². The van der Waals surface area contributed by atoms with Crippen molar-refractivity contribution in [3.63, 3.8) is 0 Å². The number of carbonyl (C=O) groups is 1. The molecule has 3 aromatic heterocycles. The minimum atomic E-state index is -0.177. The van der Waals surface area contributed by atoms with E-state index < -0.39 is 0 Å². The molecule has 0 saturated carbocycles. The first-order chi connectivity index (χ1) is 16.2. The van der Waals surface area contributed by atoms with Gasteiger partial charge in [-0.05, 0) is 31.4 Å². The summed E-state index contributed by atoms with van der Waals surface area (Å²) in [5.41, 5.74) is 2.61. The second kappa shape index (κ2) is 9.40. The Morgan fingerprint density at radius 1 is 1.27 bits per heavy atom. The first-order valence-electron chi connectivity index (χ1n) is 11.5. The molecule has 1 saturated heterocycles. The minimum Gasteiger partial charge on any atom is -0.491 e. The quantitative estimate of drug-likeness (QED) is 0.400. The van der Waals surface area contributed by atoms with Crippen molar-refractivity contribution < 1.29 is 9.53 Å². The highest BCUT2D eigenvalue weighted by atomic mass is 16.5. The number of carbonyl (C=O) groups excluding carboxylic acids is 1. The van der Waals surface area contributed by atoms with Crippen LogP contribution in [0.1, 0.15) is 43.1 Å².